The van der Waals surface area contributed by atoms with E-state index in [-0.39, 0.29) is 41.5 Å². The topological polar surface area (TPSA) is 356 Å². The molecule has 1 fully saturated rings. The molecule has 1 saturated heterocycles. The number of carbonyl (C=O) groups excluding carboxylic acids is 7. The molecule has 0 bridgehead atoms. The van der Waals surface area contributed by atoms with Crippen molar-refractivity contribution in [3.8, 4) is 6.07 Å². The minimum Gasteiger partial charge on any atom is -0.481 e. The van der Waals surface area contributed by atoms with Gasteiger partial charge in [0.1, 0.15) is 24.2 Å². The van der Waals surface area contributed by atoms with Crippen molar-refractivity contribution in [3.63, 3.8) is 0 Å². The second-order valence-electron chi connectivity index (χ2n) is 15.1. The van der Waals surface area contributed by atoms with Crippen molar-refractivity contribution in [1.29, 1.82) is 5.26 Å². The van der Waals surface area contributed by atoms with E-state index in [0.717, 1.165) is 0 Å². The number of carboxylic acid groups (broad SMARTS) is 3. The van der Waals surface area contributed by atoms with Gasteiger partial charge in [0.25, 0.3) is 17.7 Å². The van der Waals surface area contributed by atoms with Crippen LogP contribution in [0.3, 0.4) is 0 Å². The number of nitriles is 1. The summed E-state index contributed by atoms with van der Waals surface area (Å²) in [6, 6.07) is 3.97. The number of fused-ring (bicyclic) bond motifs is 1. The first-order chi connectivity index (χ1) is 31.8. The van der Waals surface area contributed by atoms with Crippen LogP contribution in [-0.4, -0.2) is 139 Å². The maximum absolute atomic E-state index is 13.8. The lowest BCUT2D eigenvalue weighted by atomic mass is 10.1. The number of amides is 7. The van der Waals surface area contributed by atoms with Crippen LogP contribution in [0.1, 0.15) is 78.5 Å². The van der Waals surface area contributed by atoms with E-state index in [9.17, 15) is 77.3 Å². The van der Waals surface area contributed by atoms with Gasteiger partial charge in [0, 0.05) is 56.2 Å². The Kier molecular flexibility index (Phi) is 18.6. The van der Waals surface area contributed by atoms with Crippen LogP contribution in [0, 0.1) is 11.3 Å². The van der Waals surface area contributed by atoms with Crippen molar-refractivity contribution >= 4 is 75.8 Å². The van der Waals surface area contributed by atoms with Crippen LogP contribution in [0.4, 0.5) is 14.5 Å². The van der Waals surface area contributed by atoms with Gasteiger partial charge in [-0.3, -0.25) is 53.1 Å². The SMILES string of the molecule is N#C[C@@H]1CC(F)(F)CN1C(=O)CNC(=O)c1ccnc2c(NC(=O)CCC(=O)N[C@@H](CCC(=O)O)C(=O)N[C@@H](CC(=O)O)C(=O)N[C@@H](CCCCNC(=O)c3cccnc3)C(=O)O)cccc12. The predicted octanol–water partition coefficient (Wildman–Crippen LogP) is 0.317. The lowest BCUT2D eigenvalue weighted by molar-refractivity contribution is -0.143. The molecule has 0 aliphatic carbocycles. The largest absolute Gasteiger partial charge is 0.481 e. The number of unbranched alkanes of at least 4 members (excludes halogenated alkanes) is 1. The Labute approximate surface area is 379 Å². The van der Waals surface area contributed by atoms with Crippen LogP contribution >= 0.6 is 0 Å². The van der Waals surface area contributed by atoms with Gasteiger partial charge < -0.3 is 52.1 Å². The zero-order chi connectivity index (χ0) is 49.3. The summed E-state index contributed by atoms with van der Waals surface area (Å²) in [5.41, 5.74) is 0.486. The van der Waals surface area contributed by atoms with Crippen molar-refractivity contribution in [1.82, 2.24) is 41.5 Å². The number of aromatic nitrogens is 2. The number of likely N-dealkylation sites (tertiary alicyclic amines) is 1. The van der Waals surface area contributed by atoms with Crippen molar-refractivity contribution < 1.29 is 72.0 Å². The van der Waals surface area contributed by atoms with Crippen molar-refractivity contribution in [2.75, 3.05) is 25.0 Å². The highest BCUT2D eigenvalue weighted by Crippen LogP contribution is 2.31. The Morgan fingerprint density at radius 1 is 0.791 bits per heavy atom. The van der Waals surface area contributed by atoms with Crippen LogP contribution in [0.15, 0.2) is 55.0 Å². The number of pyridine rings is 2. The molecule has 23 nitrogen and oxygen atoms in total. The van der Waals surface area contributed by atoms with Crippen molar-refractivity contribution in [2.24, 2.45) is 0 Å². The summed E-state index contributed by atoms with van der Waals surface area (Å²) in [6.07, 6.45) is 0.215. The molecule has 67 heavy (non-hydrogen) atoms. The standard InChI is InChI=1S/C42H46F2N10O13/c43-42(44)18-24(19-45)54(22-42)33(57)21-49-38(63)26-13-16-47-36-25(26)6-3-8-27(36)50-31(55)10-11-32(56)51-28(9-12-34(58)59)39(64)53-30(17-35(60)61)40(65)52-29(41(66)67)7-1-2-15-48-37(62)23-5-4-14-46-20-23/h3-6,8,13-14,16,20,24,28-30H,1-2,7,9-12,15,17-18,21-22H2,(H,48,62)(H,49,63)(H,50,55)(H,51,56)(H,52,65)(H,53,64)(H,58,59)(H,60,61)(H,66,67)/t24-,28-,29-,30-/m0/s1. The van der Waals surface area contributed by atoms with Crippen LogP contribution < -0.4 is 31.9 Å². The van der Waals surface area contributed by atoms with Gasteiger partial charge in [-0.15, -0.1) is 0 Å². The van der Waals surface area contributed by atoms with Gasteiger partial charge in [-0.25, -0.2) is 13.6 Å². The fourth-order valence-corrected chi connectivity index (χ4v) is 6.73. The molecular formula is C42H46F2N10O13. The van der Waals surface area contributed by atoms with Gasteiger partial charge in [0.2, 0.25) is 29.5 Å². The van der Waals surface area contributed by atoms with E-state index in [1.807, 2.05) is 0 Å². The van der Waals surface area contributed by atoms with Gasteiger partial charge in [-0.1, -0.05) is 12.1 Å². The molecule has 2 aromatic heterocycles. The van der Waals surface area contributed by atoms with Gasteiger partial charge in [0.15, 0.2) is 0 Å². The summed E-state index contributed by atoms with van der Waals surface area (Å²) in [7, 11) is 0. The molecular weight excluding hydrogens is 891 g/mol. The fourth-order valence-electron chi connectivity index (χ4n) is 6.73. The highest BCUT2D eigenvalue weighted by atomic mass is 19.3. The average molecular weight is 937 g/mol. The third kappa shape index (κ3) is 15.8. The highest BCUT2D eigenvalue weighted by Gasteiger charge is 2.47. The number of halogens is 2. The third-order valence-electron chi connectivity index (χ3n) is 10.1. The Bertz CT molecular complexity index is 2420. The molecule has 3 aromatic rings. The Morgan fingerprint density at radius 2 is 1.51 bits per heavy atom. The monoisotopic (exact) mass is 936 g/mol. The summed E-state index contributed by atoms with van der Waals surface area (Å²) in [5.74, 6) is -13.9. The zero-order valence-electron chi connectivity index (χ0n) is 35.5. The van der Waals surface area contributed by atoms with Crippen LogP contribution in [-0.2, 0) is 38.4 Å². The number of rotatable bonds is 24. The minimum atomic E-state index is -3.26. The quantitative estimate of drug-likeness (QED) is 0.0546. The van der Waals surface area contributed by atoms with Gasteiger partial charge in [0.05, 0.1) is 47.9 Å². The minimum absolute atomic E-state index is 0.0103. The second-order valence-corrected chi connectivity index (χ2v) is 15.1. The lowest BCUT2D eigenvalue weighted by Gasteiger charge is -2.23. The summed E-state index contributed by atoms with van der Waals surface area (Å²) in [6.45, 7) is -1.51. The molecule has 1 aliphatic heterocycles. The lowest BCUT2D eigenvalue weighted by Crippen LogP contribution is -2.56. The maximum atomic E-state index is 13.8. The molecule has 4 atom stereocenters. The predicted molar refractivity (Wildman–Crippen MR) is 226 cm³/mol. The first kappa shape index (κ1) is 51.5. The number of aliphatic carboxylic acids is 3. The molecule has 356 valence electrons. The number of nitrogens with zero attached hydrogens (tertiary/aromatic N) is 4. The number of alkyl halides is 2. The van der Waals surface area contributed by atoms with E-state index in [1.165, 1.54) is 42.9 Å². The van der Waals surface area contributed by atoms with E-state index in [1.54, 1.807) is 18.2 Å². The average Bonchev–Trinajstić information content (AvgIpc) is 3.61. The molecule has 3 heterocycles. The van der Waals surface area contributed by atoms with Gasteiger partial charge in [-0.2, -0.15) is 5.26 Å². The molecule has 0 unspecified atom stereocenters. The molecule has 9 N–H and O–H groups in total. The number of hydrogen-bond acceptors (Lipinski definition) is 13. The number of para-hydroxylation sites is 1. The number of nitrogens with one attached hydrogen (secondary N) is 6. The van der Waals surface area contributed by atoms with E-state index < -0.39 is 141 Å². The Hall–Kier alpha value is -8.17. The molecule has 0 spiro atoms. The highest BCUT2D eigenvalue weighted by molar-refractivity contribution is 6.11. The molecule has 1 aromatic carbocycles. The van der Waals surface area contributed by atoms with Gasteiger partial charge >= 0.3 is 17.9 Å². The second kappa shape index (κ2) is 24.2. The maximum Gasteiger partial charge on any atom is 0.326 e. The number of hydrogen-bond donors (Lipinski definition) is 9. The number of carbonyl (C=O) groups is 10. The third-order valence-corrected chi connectivity index (χ3v) is 10.1. The zero-order valence-corrected chi connectivity index (χ0v) is 35.5. The molecule has 1 aliphatic rings. The first-order valence-corrected chi connectivity index (χ1v) is 20.6. The van der Waals surface area contributed by atoms with Crippen molar-refractivity contribution in [3.05, 3.63) is 66.1 Å². The Balaban J connectivity index is 1.32. The van der Waals surface area contributed by atoms with Crippen molar-refractivity contribution in [2.45, 2.75) is 87.9 Å². The smallest absolute Gasteiger partial charge is 0.326 e. The van der Waals surface area contributed by atoms with Crippen LogP contribution in [0.2, 0.25) is 0 Å². The fraction of sp³-hybridized carbons (Fsp3) is 0.405. The molecule has 0 saturated carbocycles. The van der Waals surface area contributed by atoms with Crippen LogP contribution in [0.5, 0.6) is 0 Å². The van der Waals surface area contributed by atoms with E-state index in [0.29, 0.717) is 16.9 Å². The number of benzene rings is 1. The molecule has 7 amide bonds. The van der Waals surface area contributed by atoms with Gasteiger partial charge in [-0.05, 0) is 49.9 Å². The van der Waals surface area contributed by atoms with E-state index in [2.05, 4.69) is 41.9 Å². The Morgan fingerprint density at radius 3 is 2.18 bits per heavy atom. The molecule has 4 rings (SSSR count). The summed E-state index contributed by atoms with van der Waals surface area (Å²) < 4.78 is 27.7. The summed E-state index contributed by atoms with van der Waals surface area (Å²) >= 11 is 0. The summed E-state index contributed by atoms with van der Waals surface area (Å²) in [5, 5.41) is 51.9. The number of anilines is 1. The van der Waals surface area contributed by atoms with E-state index >= 15 is 0 Å². The normalized spacial score (nSPS) is 15.1. The van der Waals surface area contributed by atoms with Crippen LogP contribution in [0.25, 0.3) is 10.9 Å². The number of carboxylic acids is 3. The van der Waals surface area contributed by atoms with E-state index in [4.69, 9.17) is 0 Å². The first-order valence-electron chi connectivity index (χ1n) is 20.6. The molecule has 25 heteroatoms. The molecule has 0 radical (unpaired) electrons. The summed E-state index contributed by atoms with van der Waals surface area (Å²) in [4.78, 5) is 134.